The largest absolute Gasteiger partial charge is 0.485 e. The van der Waals surface area contributed by atoms with Gasteiger partial charge < -0.3 is 19.3 Å². The van der Waals surface area contributed by atoms with Crippen molar-refractivity contribution in [3.05, 3.63) is 47.8 Å². The lowest BCUT2D eigenvalue weighted by Gasteiger charge is -2.25. The van der Waals surface area contributed by atoms with E-state index < -0.39 is 0 Å². The van der Waals surface area contributed by atoms with Crippen LogP contribution >= 0.6 is 0 Å². The average Bonchev–Trinajstić information content (AvgIpc) is 3.45. The van der Waals surface area contributed by atoms with Gasteiger partial charge in [0.05, 0.1) is 24.8 Å². The smallest absolute Gasteiger partial charge is 0.257 e. The minimum absolute atomic E-state index is 0.00681. The average molecular weight is 483 g/mol. The number of amides is 2. The minimum atomic E-state index is -0.338. The second-order valence-electron chi connectivity index (χ2n) is 9.58. The van der Waals surface area contributed by atoms with Crippen LogP contribution in [0.25, 0.3) is 0 Å². The molecule has 8 heteroatoms. The van der Waals surface area contributed by atoms with Crippen LogP contribution in [0.2, 0.25) is 0 Å². The first-order valence-corrected chi connectivity index (χ1v) is 13.0. The molecule has 2 aliphatic rings. The number of rotatable bonds is 3. The summed E-state index contributed by atoms with van der Waals surface area (Å²) in [6.45, 7) is 7.13. The Bertz CT molecular complexity index is 991. The van der Waals surface area contributed by atoms with Crippen LogP contribution in [0.4, 0.5) is 0 Å². The number of aryl methyl sites for hydroxylation is 1. The van der Waals surface area contributed by atoms with E-state index >= 15 is 0 Å². The molecule has 0 radical (unpaired) electrons. The van der Waals surface area contributed by atoms with Crippen LogP contribution in [-0.4, -0.2) is 76.4 Å². The highest BCUT2D eigenvalue weighted by Gasteiger charge is 2.38. The molecule has 1 aromatic carbocycles. The first-order chi connectivity index (χ1) is 17.0. The predicted octanol–water partition coefficient (Wildman–Crippen LogP) is 3.68. The number of benzene rings is 1. The van der Waals surface area contributed by atoms with Gasteiger partial charge >= 0.3 is 0 Å². The van der Waals surface area contributed by atoms with Crippen LogP contribution in [0.15, 0.2) is 36.7 Å². The van der Waals surface area contributed by atoms with E-state index in [1.807, 2.05) is 49.2 Å². The molecule has 0 unspecified atom stereocenters. The lowest BCUT2D eigenvalue weighted by molar-refractivity contribution is -0.131. The van der Waals surface area contributed by atoms with Crippen molar-refractivity contribution in [3.8, 4) is 5.75 Å². The minimum Gasteiger partial charge on any atom is -0.485 e. The van der Waals surface area contributed by atoms with Gasteiger partial charge in [0, 0.05) is 25.9 Å². The van der Waals surface area contributed by atoms with E-state index in [0.29, 0.717) is 37.6 Å². The molecule has 0 N–H and O–H groups in total. The van der Waals surface area contributed by atoms with Crippen molar-refractivity contribution in [1.29, 1.82) is 0 Å². The molecule has 2 aromatic rings. The molecule has 8 nitrogen and oxygen atoms in total. The van der Waals surface area contributed by atoms with E-state index in [-0.39, 0.29) is 30.6 Å². The number of aromatic nitrogens is 2. The van der Waals surface area contributed by atoms with E-state index in [0.717, 1.165) is 37.8 Å². The van der Waals surface area contributed by atoms with E-state index in [9.17, 15) is 9.59 Å². The Morgan fingerprint density at radius 1 is 1.06 bits per heavy atom. The number of carbonyl (C=O) groups is 2. The fraction of sp³-hybridized carbons (Fsp3) is 0.593. The number of likely N-dealkylation sites (tertiary alicyclic amines) is 1. The maximum Gasteiger partial charge on any atom is 0.257 e. The van der Waals surface area contributed by atoms with Gasteiger partial charge in [-0.2, -0.15) is 5.10 Å². The highest BCUT2D eigenvalue weighted by atomic mass is 16.5. The predicted molar refractivity (Wildman–Crippen MR) is 133 cm³/mol. The molecule has 0 bridgehead atoms. The Kier molecular flexibility index (Phi) is 8.79. The molecule has 0 spiro atoms. The third-order valence-corrected chi connectivity index (χ3v) is 6.85. The van der Waals surface area contributed by atoms with E-state index in [4.69, 9.17) is 9.47 Å². The molecule has 190 valence electrons. The molecule has 2 aliphatic heterocycles. The van der Waals surface area contributed by atoms with Gasteiger partial charge in [-0.15, -0.1) is 0 Å². The Morgan fingerprint density at radius 3 is 2.57 bits per heavy atom. The van der Waals surface area contributed by atoms with Gasteiger partial charge in [0.2, 0.25) is 5.91 Å². The standard InChI is InChI=1S/C27H38N4O4/c1-3-29-14-10-6-4-5-7-11-15-34-24-18-30(26(32)20-31-17-21(2)16-28-31)19-25(24)35-23-13-9-8-12-22(23)27(29)33/h8-9,12-13,16-17,24-25H,3-7,10-11,14-15,18-20H2,1-2H3/t24-,25-/m1/s1. The monoisotopic (exact) mass is 482 g/mol. The number of para-hydroxylation sites is 1. The van der Waals surface area contributed by atoms with Crippen molar-refractivity contribution in [2.75, 3.05) is 32.8 Å². The third-order valence-electron chi connectivity index (χ3n) is 6.85. The summed E-state index contributed by atoms with van der Waals surface area (Å²) in [4.78, 5) is 30.1. The first-order valence-electron chi connectivity index (χ1n) is 13.0. The SMILES string of the molecule is CCN1CCCCCCCCO[C@@H]2CN(C(=O)Cn3cc(C)cn3)C[C@H]2Oc2ccccc2C1=O. The molecular weight excluding hydrogens is 444 g/mol. The summed E-state index contributed by atoms with van der Waals surface area (Å²) >= 11 is 0. The van der Waals surface area contributed by atoms with Crippen LogP contribution < -0.4 is 4.74 Å². The molecule has 2 amide bonds. The molecule has 1 aromatic heterocycles. The van der Waals surface area contributed by atoms with E-state index in [2.05, 4.69) is 5.10 Å². The fourth-order valence-electron chi connectivity index (χ4n) is 4.84. The van der Waals surface area contributed by atoms with Crippen molar-refractivity contribution in [2.45, 2.75) is 71.1 Å². The van der Waals surface area contributed by atoms with Gasteiger partial charge in [-0.05, 0) is 44.4 Å². The summed E-state index contributed by atoms with van der Waals surface area (Å²) in [6, 6.07) is 7.43. The first kappa shape index (κ1) is 25.2. The Hall–Kier alpha value is -2.87. The van der Waals surface area contributed by atoms with Gasteiger partial charge in [0.25, 0.3) is 5.91 Å². The van der Waals surface area contributed by atoms with Crippen molar-refractivity contribution < 1.29 is 19.1 Å². The maximum absolute atomic E-state index is 13.4. The zero-order valence-electron chi connectivity index (χ0n) is 21.0. The second kappa shape index (κ2) is 12.2. The van der Waals surface area contributed by atoms with Crippen molar-refractivity contribution in [2.24, 2.45) is 0 Å². The van der Waals surface area contributed by atoms with Crippen molar-refractivity contribution >= 4 is 11.8 Å². The number of hydrogen-bond acceptors (Lipinski definition) is 5. The van der Waals surface area contributed by atoms with Gasteiger partial charge in [-0.3, -0.25) is 14.3 Å². The summed E-state index contributed by atoms with van der Waals surface area (Å²) in [5.74, 6) is 0.534. The molecule has 4 rings (SSSR count). The van der Waals surface area contributed by atoms with E-state index in [1.165, 1.54) is 12.8 Å². The normalized spacial score (nSPS) is 22.4. The summed E-state index contributed by atoms with van der Waals surface area (Å²) < 4.78 is 14.3. The molecule has 3 heterocycles. The number of fused-ring (bicyclic) bond motifs is 2. The molecule has 0 aliphatic carbocycles. The highest BCUT2D eigenvalue weighted by molar-refractivity contribution is 5.97. The molecule has 1 fully saturated rings. The van der Waals surface area contributed by atoms with Crippen LogP contribution in [0.1, 0.15) is 61.4 Å². The van der Waals surface area contributed by atoms with Crippen LogP contribution in [0.3, 0.4) is 0 Å². The zero-order valence-corrected chi connectivity index (χ0v) is 21.0. The molecule has 1 saturated heterocycles. The maximum atomic E-state index is 13.4. The van der Waals surface area contributed by atoms with Crippen LogP contribution in [-0.2, 0) is 16.1 Å². The number of nitrogens with zero attached hydrogens (tertiary/aromatic N) is 4. The Labute approximate surface area is 208 Å². The Balaban J connectivity index is 1.53. The Morgan fingerprint density at radius 2 is 1.80 bits per heavy atom. The summed E-state index contributed by atoms with van der Waals surface area (Å²) in [5, 5.41) is 4.24. The highest BCUT2D eigenvalue weighted by Crippen LogP contribution is 2.26. The zero-order chi connectivity index (χ0) is 24.6. The lowest BCUT2D eigenvalue weighted by Crippen LogP contribution is -2.35. The molecule has 35 heavy (non-hydrogen) atoms. The van der Waals surface area contributed by atoms with Crippen molar-refractivity contribution in [3.63, 3.8) is 0 Å². The van der Waals surface area contributed by atoms with Crippen molar-refractivity contribution in [1.82, 2.24) is 19.6 Å². The quantitative estimate of drug-likeness (QED) is 0.667. The number of ether oxygens (including phenoxy) is 2. The summed E-state index contributed by atoms with van der Waals surface area (Å²) in [7, 11) is 0. The van der Waals surface area contributed by atoms with Crippen LogP contribution in [0, 0.1) is 6.92 Å². The molecular formula is C27H38N4O4. The molecule has 0 saturated carbocycles. The van der Waals surface area contributed by atoms with E-state index in [1.54, 1.807) is 15.8 Å². The van der Waals surface area contributed by atoms with Gasteiger partial charge in [-0.1, -0.05) is 37.8 Å². The van der Waals surface area contributed by atoms with Gasteiger partial charge in [-0.25, -0.2) is 0 Å². The summed E-state index contributed by atoms with van der Waals surface area (Å²) in [5.41, 5.74) is 1.59. The van der Waals surface area contributed by atoms with Crippen LogP contribution in [0.5, 0.6) is 5.75 Å². The van der Waals surface area contributed by atoms with Gasteiger partial charge in [0.15, 0.2) is 0 Å². The second-order valence-corrected chi connectivity index (χ2v) is 9.58. The number of hydrogen-bond donors (Lipinski definition) is 0. The fourth-order valence-corrected chi connectivity index (χ4v) is 4.84. The molecule has 2 atom stereocenters. The lowest BCUT2D eigenvalue weighted by atomic mass is 10.1. The third kappa shape index (κ3) is 6.63. The van der Waals surface area contributed by atoms with Gasteiger partial charge in [0.1, 0.15) is 24.5 Å². The summed E-state index contributed by atoms with van der Waals surface area (Å²) in [6.07, 6.45) is 9.64. The number of carbonyl (C=O) groups excluding carboxylic acids is 2. The topological polar surface area (TPSA) is 76.9 Å².